The topological polar surface area (TPSA) is 80.3 Å². The van der Waals surface area contributed by atoms with Crippen LogP contribution in [-0.4, -0.2) is 30.3 Å². The van der Waals surface area contributed by atoms with E-state index in [4.69, 9.17) is 34.6 Å². The van der Waals surface area contributed by atoms with Gasteiger partial charge in [-0.3, -0.25) is 0 Å². The quantitative estimate of drug-likeness (QED) is 0.568. The summed E-state index contributed by atoms with van der Waals surface area (Å²) in [6, 6.07) is 6.74. The van der Waals surface area contributed by atoms with Gasteiger partial charge in [-0.25, -0.2) is 0 Å². The Morgan fingerprint density at radius 1 is 1.00 bits per heavy atom. The van der Waals surface area contributed by atoms with Gasteiger partial charge in [0.05, 0.1) is 0 Å². The molecule has 0 aliphatic carbocycles. The number of carbonyl (C=O) groups excluding carboxylic acids is 2. The van der Waals surface area contributed by atoms with E-state index in [9.17, 15) is 9.59 Å². The number of ether oxygens (including phenoxy) is 1. The van der Waals surface area contributed by atoms with Crippen LogP contribution >= 0.6 is 24.4 Å². The van der Waals surface area contributed by atoms with E-state index in [1.54, 1.807) is 24.3 Å². The van der Waals surface area contributed by atoms with Gasteiger partial charge in [0.15, 0.2) is 0 Å². The van der Waals surface area contributed by atoms with Crippen LogP contribution in [0.5, 0.6) is 5.75 Å². The molecule has 2 heterocycles. The van der Waals surface area contributed by atoms with Gasteiger partial charge in [0.1, 0.15) is 0 Å². The van der Waals surface area contributed by atoms with Crippen molar-refractivity contribution in [3.63, 3.8) is 0 Å². The summed E-state index contributed by atoms with van der Waals surface area (Å²) in [5, 5.41) is 0.519. The van der Waals surface area contributed by atoms with Crippen molar-refractivity contribution in [3.8, 4) is 5.75 Å². The molecule has 1 spiro atoms. The molecule has 2 aliphatic heterocycles. The van der Waals surface area contributed by atoms with Crippen LogP contribution in [0.3, 0.4) is 0 Å². The molecule has 0 aromatic heterocycles. The van der Waals surface area contributed by atoms with E-state index in [1.807, 2.05) is 0 Å². The molecular formula is C15H20O7P2S2. The Balaban J connectivity index is 2.24. The van der Waals surface area contributed by atoms with Gasteiger partial charge in [-0.05, 0) is 0 Å². The summed E-state index contributed by atoms with van der Waals surface area (Å²) in [5.74, 6) is -0.812. The number of thiol groups is 1. The SMILES string of the molecule is COc1ccc(P(=S)(S)P23(OC(=O)C(C)(C)O2)OC(=O)C(C)(C)O3)cc1. The first-order chi connectivity index (χ1) is 11.8. The number of hydrogen-bond acceptors (Lipinski definition) is 8. The molecule has 0 bridgehead atoms. The summed E-state index contributed by atoms with van der Waals surface area (Å²) in [7, 11) is -3.33. The van der Waals surface area contributed by atoms with Crippen LogP contribution in [0.25, 0.3) is 0 Å². The Labute approximate surface area is 162 Å². The maximum atomic E-state index is 12.5. The van der Waals surface area contributed by atoms with Crippen LogP contribution in [0, 0.1) is 0 Å². The minimum atomic E-state index is -4.87. The fourth-order valence-electron chi connectivity index (χ4n) is 2.63. The van der Waals surface area contributed by atoms with E-state index in [2.05, 4.69) is 12.2 Å². The summed E-state index contributed by atoms with van der Waals surface area (Å²) in [5.41, 5.74) is -2.78. The number of benzene rings is 1. The molecule has 26 heavy (non-hydrogen) atoms. The van der Waals surface area contributed by atoms with Crippen LogP contribution in [0.4, 0.5) is 0 Å². The number of methoxy groups -OCH3 is 1. The van der Waals surface area contributed by atoms with E-state index >= 15 is 0 Å². The average Bonchev–Trinajstić information content (AvgIpc) is 2.86. The van der Waals surface area contributed by atoms with Gasteiger partial charge in [-0.15, -0.1) is 0 Å². The zero-order valence-electron chi connectivity index (χ0n) is 14.9. The average molecular weight is 438 g/mol. The Hall–Kier alpha value is -0.690. The molecule has 11 heteroatoms. The molecular weight excluding hydrogens is 418 g/mol. The fourth-order valence-corrected chi connectivity index (χ4v) is 14.7. The van der Waals surface area contributed by atoms with E-state index < -0.39 is 35.3 Å². The van der Waals surface area contributed by atoms with E-state index in [0.717, 1.165) is 0 Å². The molecule has 1 aromatic rings. The van der Waals surface area contributed by atoms with Crippen LogP contribution in [0.1, 0.15) is 27.7 Å². The van der Waals surface area contributed by atoms with Crippen LogP contribution in [-0.2, 0) is 39.5 Å². The van der Waals surface area contributed by atoms with Crippen LogP contribution in [0.15, 0.2) is 24.3 Å². The van der Waals surface area contributed by atoms with Crippen LogP contribution < -0.4 is 10.0 Å². The molecule has 1 aromatic carbocycles. The number of rotatable bonds is 3. The summed E-state index contributed by atoms with van der Waals surface area (Å²) in [6.45, 7) is 6.04. The second-order valence-corrected chi connectivity index (χ2v) is 20.6. The molecule has 0 N–H and O–H groups in total. The van der Waals surface area contributed by atoms with Crippen molar-refractivity contribution in [1.29, 1.82) is 0 Å². The molecule has 0 saturated carbocycles. The monoisotopic (exact) mass is 438 g/mol. The Kier molecular flexibility index (Phi) is 4.37. The van der Waals surface area contributed by atoms with Crippen molar-refractivity contribution in [2.45, 2.75) is 38.9 Å². The zero-order valence-corrected chi connectivity index (χ0v) is 18.4. The minimum absolute atomic E-state index is 0.519. The summed E-state index contributed by atoms with van der Waals surface area (Å²) < 4.78 is 28.4. The predicted molar refractivity (Wildman–Crippen MR) is 105 cm³/mol. The van der Waals surface area contributed by atoms with Crippen molar-refractivity contribution >= 4 is 53.4 Å². The first-order valence-corrected chi connectivity index (χ1v) is 14.3. The standard InChI is InChI=1S/C15H20O7P2S2/c1-14(2)12(16)19-24(21-14,20-13(17)15(3,4)22-24)23(25,26)11-8-6-10(18-5)7-9-11/h6-9H,1-5H3,(H,25,26). The van der Waals surface area contributed by atoms with Gasteiger partial charge in [-0.1, -0.05) is 0 Å². The van der Waals surface area contributed by atoms with Crippen molar-refractivity contribution in [2.24, 2.45) is 0 Å². The molecule has 1 atom stereocenters. The Morgan fingerprint density at radius 3 is 1.73 bits per heavy atom. The van der Waals surface area contributed by atoms with E-state index in [1.165, 1.54) is 34.8 Å². The normalized spacial score (nSPS) is 28.5. The molecule has 7 nitrogen and oxygen atoms in total. The van der Waals surface area contributed by atoms with Gasteiger partial charge in [0.25, 0.3) is 0 Å². The maximum absolute atomic E-state index is 12.5. The van der Waals surface area contributed by atoms with Gasteiger partial charge < -0.3 is 0 Å². The molecule has 144 valence electrons. The molecule has 2 fully saturated rings. The molecule has 2 aliphatic rings. The molecule has 0 amide bonds. The van der Waals surface area contributed by atoms with E-state index in [0.29, 0.717) is 11.1 Å². The van der Waals surface area contributed by atoms with Gasteiger partial charge in [0.2, 0.25) is 0 Å². The second kappa shape index (κ2) is 5.66. The zero-order chi connectivity index (χ0) is 19.6. The Bertz CT molecular complexity index is 814. The number of carbonyl (C=O) groups is 2. The van der Waals surface area contributed by atoms with Crippen molar-refractivity contribution in [2.75, 3.05) is 7.11 Å². The van der Waals surface area contributed by atoms with Gasteiger partial charge in [0, 0.05) is 0 Å². The number of hydrogen-bond donors (Lipinski definition) is 1. The second-order valence-electron chi connectivity index (χ2n) is 6.98. The fraction of sp³-hybridized carbons (Fsp3) is 0.467. The third-order valence-electron chi connectivity index (χ3n) is 4.07. The summed E-state index contributed by atoms with van der Waals surface area (Å²) in [4.78, 5) is 21.7. The van der Waals surface area contributed by atoms with Crippen LogP contribution in [0.2, 0.25) is 0 Å². The van der Waals surface area contributed by atoms with Gasteiger partial charge in [-0.2, -0.15) is 0 Å². The first-order valence-electron chi connectivity index (χ1n) is 7.69. The first kappa shape index (κ1) is 20.1. The molecule has 0 radical (unpaired) electrons. The molecule has 3 rings (SSSR count). The molecule has 1 unspecified atom stereocenters. The van der Waals surface area contributed by atoms with Crippen molar-refractivity contribution in [3.05, 3.63) is 24.3 Å². The predicted octanol–water partition coefficient (Wildman–Crippen LogP) is 3.48. The van der Waals surface area contributed by atoms with E-state index in [-0.39, 0.29) is 0 Å². The summed E-state index contributed by atoms with van der Waals surface area (Å²) in [6.07, 6.45) is 0. The van der Waals surface area contributed by atoms with Crippen molar-refractivity contribution in [1.82, 2.24) is 0 Å². The van der Waals surface area contributed by atoms with Gasteiger partial charge >= 0.3 is 162 Å². The summed E-state index contributed by atoms with van der Waals surface area (Å²) >= 11 is 10.5. The van der Waals surface area contributed by atoms with Crippen molar-refractivity contribution < 1.29 is 32.4 Å². The molecule has 2 saturated heterocycles. The third-order valence-corrected chi connectivity index (χ3v) is 19.1. The Morgan fingerprint density at radius 2 is 1.42 bits per heavy atom. The third kappa shape index (κ3) is 2.56.